The van der Waals surface area contributed by atoms with Crippen LogP contribution in [0, 0.1) is 11.8 Å². The molecule has 8 heteroatoms. The highest BCUT2D eigenvalue weighted by Crippen LogP contribution is 2.45. The minimum absolute atomic E-state index is 0.0565. The number of carbonyl (C=O) groups is 1. The molecule has 176 valence electrons. The van der Waals surface area contributed by atoms with Crippen molar-refractivity contribution in [3.05, 3.63) is 52.7 Å². The Morgan fingerprint density at radius 1 is 1.33 bits per heavy atom. The number of benzene rings is 1. The minimum Gasteiger partial charge on any atom is -0.597 e. The number of aliphatic hydroxyl groups is 1. The van der Waals surface area contributed by atoms with Crippen LogP contribution >= 0.6 is 0 Å². The lowest BCUT2D eigenvalue weighted by Crippen LogP contribution is -2.42. The van der Waals surface area contributed by atoms with Gasteiger partial charge in [-0.25, -0.2) is 9.78 Å². The van der Waals surface area contributed by atoms with Crippen LogP contribution in [0.5, 0.6) is 0 Å². The Kier molecular flexibility index (Phi) is 7.83. The molecule has 0 radical (unpaired) electrons. The van der Waals surface area contributed by atoms with E-state index >= 15 is 0 Å². The lowest BCUT2D eigenvalue weighted by atomic mass is 9.95. The molecule has 1 unspecified atom stereocenters. The number of rotatable bonds is 6. The Hall–Kier alpha value is -2.41. The van der Waals surface area contributed by atoms with Gasteiger partial charge in [0, 0.05) is 34.7 Å². The molecule has 1 aromatic heterocycles. The third-order valence-corrected chi connectivity index (χ3v) is 7.13. The molecular formula is C25H31N3O4S. The van der Waals surface area contributed by atoms with Gasteiger partial charge < -0.3 is 14.8 Å². The zero-order valence-corrected chi connectivity index (χ0v) is 20.6. The molecular weight excluding hydrogens is 438 g/mol. The molecule has 33 heavy (non-hydrogen) atoms. The van der Waals surface area contributed by atoms with Crippen LogP contribution in [0.3, 0.4) is 0 Å². The number of aliphatic hydroxyl groups excluding tert-OH is 1. The van der Waals surface area contributed by atoms with Gasteiger partial charge in [-0.15, -0.1) is 4.31 Å². The van der Waals surface area contributed by atoms with E-state index < -0.39 is 22.1 Å². The number of aromatic nitrogens is 1. The summed E-state index contributed by atoms with van der Waals surface area (Å²) in [5, 5.41) is 19.5. The van der Waals surface area contributed by atoms with Crippen molar-refractivity contribution in [1.82, 2.24) is 14.2 Å². The second kappa shape index (κ2) is 10.2. The lowest BCUT2D eigenvalue weighted by molar-refractivity contribution is 0.0690. The van der Waals surface area contributed by atoms with Gasteiger partial charge in [-0.2, -0.15) is 0 Å². The first-order chi connectivity index (χ1) is 15.5. The highest BCUT2D eigenvalue weighted by atomic mass is 32.2. The second-order valence-corrected chi connectivity index (χ2v) is 11.5. The molecule has 0 aliphatic carbocycles. The topological polar surface area (TPSA) is 100.0 Å². The maximum atomic E-state index is 13.3. The Labute approximate surface area is 198 Å². The predicted octanol–water partition coefficient (Wildman–Crippen LogP) is 3.06. The van der Waals surface area contributed by atoms with Crippen molar-refractivity contribution in [3.63, 3.8) is 0 Å². The summed E-state index contributed by atoms with van der Waals surface area (Å²) in [7, 11) is 3.90. The van der Waals surface area contributed by atoms with Crippen molar-refractivity contribution in [2.75, 3.05) is 27.2 Å². The summed E-state index contributed by atoms with van der Waals surface area (Å²) in [6.45, 7) is 6.58. The zero-order chi connectivity index (χ0) is 24.3. The van der Waals surface area contributed by atoms with E-state index in [0.29, 0.717) is 25.2 Å². The summed E-state index contributed by atoms with van der Waals surface area (Å²) >= 11 is -1.35. The van der Waals surface area contributed by atoms with Gasteiger partial charge in [-0.05, 0) is 65.0 Å². The van der Waals surface area contributed by atoms with Gasteiger partial charge in [0.1, 0.15) is 10.4 Å². The van der Waals surface area contributed by atoms with Crippen molar-refractivity contribution in [2.45, 2.75) is 44.5 Å². The van der Waals surface area contributed by atoms with E-state index in [0.717, 1.165) is 22.3 Å². The molecule has 2 aromatic rings. The molecule has 3 rings (SSSR count). The molecule has 2 atom stereocenters. The quantitative estimate of drug-likeness (QED) is 0.495. The van der Waals surface area contributed by atoms with E-state index in [4.69, 9.17) is 0 Å². The Bertz CT molecular complexity index is 1090. The lowest BCUT2D eigenvalue weighted by Gasteiger charge is -2.33. The molecule has 0 fully saturated rings. The smallest absolute Gasteiger partial charge is 0.354 e. The molecule has 0 saturated carbocycles. The normalized spacial score (nSPS) is 16.9. The van der Waals surface area contributed by atoms with Gasteiger partial charge in [-0.3, -0.25) is 4.90 Å². The average Bonchev–Trinajstić information content (AvgIpc) is 3.10. The molecule has 0 amide bonds. The summed E-state index contributed by atoms with van der Waals surface area (Å²) < 4.78 is 14.7. The van der Waals surface area contributed by atoms with Crippen LogP contribution in [0.25, 0.3) is 11.3 Å². The van der Waals surface area contributed by atoms with E-state index in [1.54, 1.807) is 6.07 Å². The minimum atomic E-state index is -1.35. The first-order valence-electron chi connectivity index (χ1n) is 10.8. The number of fused-ring (bicyclic) bond motifs is 1. The van der Waals surface area contributed by atoms with E-state index in [1.165, 1.54) is 0 Å². The molecule has 1 aliphatic heterocycles. The van der Waals surface area contributed by atoms with Gasteiger partial charge >= 0.3 is 5.97 Å². The fourth-order valence-corrected chi connectivity index (χ4v) is 5.24. The number of carboxylic acids is 1. The van der Waals surface area contributed by atoms with Crippen LogP contribution in [0.2, 0.25) is 0 Å². The average molecular weight is 470 g/mol. The molecule has 0 saturated heterocycles. The number of nitrogens with zero attached hydrogens (tertiary/aromatic N) is 3. The SMILES string of the molecule is CN(C)CC#Cc1cccc(-c2nc(C(=O)O)cc3c2[C@@H](CCO)N([S+]([O-])C(C)(C)C)C3)c1. The van der Waals surface area contributed by atoms with Crippen LogP contribution in [0.4, 0.5) is 0 Å². The van der Waals surface area contributed by atoms with E-state index in [9.17, 15) is 19.6 Å². The first kappa shape index (κ1) is 25.2. The largest absolute Gasteiger partial charge is 0.597 e. The number of aromatic carboxylic acids is 1. The maximum Gasteiger partial charge on any atom is 0.354 e. The van der Waals surface area contributed by atoms with Crippen molar-refractivity contribution in [2.24, 2.45) is 0 Å². The first-order valence-corrected chi connectivity index (χ1v) is 11.9. The van der Waals surface area contributed by atoms with Gasteiger partial charge in [0.05, 0.1) is 24.8 Å². The van der Waals surface area contributed by atoms with E-state index in [-0.39, 0.29) is 18.3 Å². The molecule has 2 N–H and O–H groups in total. The predicted molar refractivity (Wildman–Crippen MR) is 130 cm³/mol. The molecule has 0 spiro atoms. The zero-order valence-electron chi connectivity index (χ0n) is 19.8. The fourth-order valence-electron chi connectivity index (χ4n) is 3.84. The molecule has 1 aliphatic rings. The van der Waals surface area contributed by atoms with Crippen molar-refractivity contribution < 1.29 is 19.6 Å². The Morgan fingerprint density at radius 3 is 2.67 bits per heavy atom. The van der Waals surface area contributed by atoms with Crippen molar-refractivity contribution in [1.29, 1.82) is 0 Å². The summed E-state index contributed by atoms with van der Waals surface area (Å²) in [5.41, 5.74) is 3.63. The molecule has 7 nitrogen and oxygen atoms in total. The van der Waals surface area contributed by atoms with Crippen molar-refractivity contribution in [3.8, 4) is 23.1 Å². The molecule has 1 aromatic carbocycles. The van der Waals surface area contributed by atoms with Gasteiger partial charge in [0.2, 0.25) is 0 Å². The maximum absolute atomic E-state index is 13.3. The van der Waals surface area contributed by atoms with Crippen LogP contribution in [0.15, 0.2) is 30.3 Å². The standard InChI is InChI=1S/C25H31N3O4S/c1-25(2,3)33(32)28-16-19-15-20(24(30)31)26-23(22(19)21(28)11-13-29)18-10-6-8-17(14-18)9-7-12-27(4)5/h6,8,10,14-15,21,29H,11-13,16H2,1-5H3,(H,30,31)/t21-,33?/m1/s1. The van der Waals surface area contributed by atoms with Crippen LogP contribution in [-0.4, -0.2) is 66.9 Å². The highest BCUT2D eigenvalue weighted by Gasteiger charge is 2.44. The summed E-state index contributed by atoms with van der Waals surface area (Å²) in [5.74, 6) is 5.13. The summed E-state index contributed by atoms with van der Waals surface area (Å²) in [4.78, 5) is 18.3. The van der Waals surface area contributed by atoms with Crippen LogP contribution < -0.4 is 0 Å². The van der Waals surface area contributed by atoms with Crippen LogP contribution in [0.1, 0.15) is 60.4 Å². The van der Waals surface area contributed by atoms with Gasteiger partial charge in [0.25, 0.3) is 0 Å². The third kappa shape index (κ3) is 5.75. The number of hydrogen-bond donors (Lipinski definition) is 2. The fraction of sp³-hybridized carbons (Fsp3) is 0.440. The second-order valence-electron chi connectivity index (χ2n) is 9.32. The summed E-state index contributed by atoms with van der Waals surface area (Å²) in [6.07, 6.45) is 0.373. The Morgan fingerprint density at radius 2 is 2.06 bits per heavy atom. The highest BCUT2D eigenvalue weighted by molar-refractivity contribution is 7.90. The van der Waals surface area contributed by atoms with E-state index in [1.807, 2.05) is 68.3 Å². The Balaban J connectivity index is 2.15. The van der Waals surface area contributed by atoms with Gasteiger partial charge in [-0.1, -0.05) is 24.0 Å². The number of pyridine rings is 1. The third-order valence-electron chi connectivity index (χ3n) is 5.27. The van der Waals surface area contributed by atoms with E-state index in [2.05, 4.69) is 16.8 Å². The molecule has 0 bridgehead atoms. The monoisotopic (exact) mass is 469 g/mol. The summed E-state index contributed by atoms with van der Waals surface area (Å²) in [6, 6.07) is 8.78. The number of hydrogen-bond acceptors (Lipinski definition) is 6. The van der Waals surface area contributed by atoms with Crippen LogP contribution in [-0.2, 0) is 17.9 Å². The van der Waals surface area contributed by atoms with Crippen molar-refractivity contribution >= 4 is 17.3 Å². The number of carboxylic acid groups (broad SMARTS) is 1. The van der Waals surface area contributed by atoms with Gasteiger partial charge in [0.15, 0.2) is 0 Å². The molecule has 2 heterocycles.